The molecule has 0 saturated heterocycles. The summed E-state index contributed by atoms with van der Waals surface area (Å²) in [7, 11) is 0. The van der Waals surface area contributed by atoms with E-state index >= 15 is 0 Å². The molecule has 1 aromatic carbocycles. The van der Waals surface area contributed by atoms with E-state index in [4.69, 9.17) is 5.11 Å². The van der Waals surface area contributed by atoms with Gasteiger partial charge >= 0.3 is 0 Å². The third-order valence-electron chi connectivity index (χ3n) is 3.16. The molecule has 22 heavy (non-hydrogen) atoms. The number of carbonyl (C=O) groups excluding carboxylic acids is 1. The predicted octanol–water partition coefficient (Wildman–Crippen LogP) is 2.42. The van der Waals surface area contributed by atoms with Gasteiger partial charge in [-0.25, -0.2) is 9.37 Å². The number of carbonyl (C=O) groups is 1. The fourth-order valence-electron chi connectivity index (χ4n) is 2.07. The lowest BCUT2D eigenvalue weighted by Gasteiger charge is -2.21. The average molecular weight is 303 g/mol. The van der Waals surface area contributed by atoms with Gasteiger partial charge in [-0.3, -0.25) is 4.79 Å². The number of benzene rings is 1. The number of halogens is 1. The molecule has 0 bridgehead atoms. The molecular weight excluding hydrogens is 285 g/mol. The van der Waals surface area contributed by atoms with Gasteiger partial charge in [0.2, 0.25) is 0 Å². The van der Waals surface area contributed by atoms with E-state index in [1.165, 1.54) is 17.0 Å². The normalized spacial score (nSPS) is 10.3. The van der Waals surface area contributed by atoms with Gasteiger partial charge in [-0.2, -0.15) is 0 Å². The summed E-state index contributed by atoms with van der Waals surface area (Å²) < 4.78 is 13.2. The number of likely N-dealkylation sites (N-methyl/N-ethyl adjacent to an activating group) is 1. The number of anilines is 2. The van der Waals surface area contributed by atoms with E-state index in [1.54, 1.807) is 30.5 Å². The Morgan fingerprint density at radius 3 is 2.86 bits per heavy atom. The van der Waals surface area contributed by atoms with Gasteiger partial charge in [0.1, 0.15) is 11.6 Å². The fourth-order valence-corrected chi connectivity index (χ4v) is 2.07. The number of nitrogens with one attached hydrogen (secondary N) is 1. The summed E-state index contributed by atoms with van der Waals surface area (Å²) in [6.45, 7) is 2.47. The zero-order valence-corrected chi connectivity index (χ0v) is 12.3. The Morgan fingerprint density at radius 1 is 1.36 bits per heavy atom. The highest BCUT2D eigenvalue weighted by Crippen LogP contribution is 2.20. The largest absolute Gasteiger partial charge is 0.395 e. The summed E-state index contributed by atoms with van der Waals surface area (Å²) in [6.07, 6.45) is 1.56. The summed E-state index contributed by atoms with van der Waals surface area (Å²) in [5.74, 6) is -0.248. The van der Waals surface area contributed by atoms with Crippen LogP contribution in [0.15, 0.2) is 42.6 Å². The number of hydrogen-bond donors (Lipinski definition) is 2. The van der Waals surface area contributed by atoms with E-state index < -0.39 is 0 Å². The Bertz CT molecular complexity index is 649. The standard InChI is InChI=1S/C16H18FN3O2/c1-2-20(9-10-21)16(22)14-7-4-8-18-15(14)19-13-6-3-5-12(17)11-13/h3-8,11,21H,2,9-10H2,1H3,(H,18,19). The molecule has 0 fully saturated rings. The highest BCUT2D eigenvalue weighted by atomic mass is 19.1. The average Bonchev–Trinajstić information content (AvgIpc) is 2.52. The van der Waals surface area contributed by atoms with E-state index in [-0.39, 0.29) is 24.9 Å². The first-order valence-corrected chi connectivity index (χ1v) is 7.03. The molecule has 0 spiro atoms. The first-order chi connectivity index (χ1) is 10.7. The van der Waals surface area contributed by atoms with Crippen molar-refractivity contribution in [1.29, 1.82) is 0 Å². The van der Waals surface area contributed by atoms with Crippen LogP contribution in [0.5, 0.6) is 0 Å². The van der Waals surface area contributed by atoms with E-state index in [0.29, 0.717) is 23.6 Å². The topological polar surface area (TPSA) is 65.5 Å². The van der Waals surface area contributed by atoms with Crippen LogP contribution in [0, 0.1) is 5.82 Å². The van der Waals surface area contributed by atoms with Crippen molar-refractivity contribution in [1.82, 2.24) is 9.88 Å². The van der Waals surface area contributed by atoms with Crippen molar-refractivity contribution < 1.29 is 14.3 Å². The molecule has 1 heterocycles. The molecule has 0 aliphatic carbocycles. The van der Waals surface area contributed by atoms with Gasteiger partial charge in [-0.15, -0.1) is 0 Å². The summed E-state index contributed by atoms with van der Waals surface area (Å²) in [5.41, 5.74) is 0.889. The second kappa shape index (κ2) is 7.51. The Labute approximate surface area is 128 Å². The van der Waals surface area contributed by atoms with E-state index in [9.17, 15) is 9.18 Å². The van der Waals surface area contributed by atoms with Gasteiger partial charge in [0.15, 0.2) is 0 Å². The van der Waals surface area contributed by atoms with Crippen LogP contribution >= 0.6 is 0 Å². The van der Waals surface area contributed by atoms with Gasteiger partial charge in [0.05, 0.1) is 12.2 Å². The maximum absolute atomic E-state index is 13.2. The van der Waals surface area contributed by atoms with Gasteiger partial charge in [-0.05, 0) is 37.3 Å². The number of hydrogen-bond acceptors (Lipinski definition) is 4. The summed E-state index contributed by atoms with van der Waals surface area (Å²) in [6, 6.07) is 9.25. The second-order valence-electron chi connectivity index (χ2n) is 4.64. The van der Waals surface area contributed by atoms with Crippen LogP contribution in [0.25, 0.3) is 0 Å². The number of rotatable bonds is 6. The summed E-state index contributed by atoms with van der Waals surface area (Å²) >= 11 is 0. The zero-order valence-electron chi connectivity index (χ0n) is 12.3. The number of aliphatic hydroxyl groups excluding tert-OH is 1. The first kappa shape index (κ1) is 15.9. The Balaban J connectivity index is 2.28. The van der Waals surface area contributed by atoms with Crippen LogP contribution in [-0.4, -0.2) is 40.6 Å². The van der Waals surface area contributed by atoms with Gasteiger partial charge in [0.25, 0.3) is 5.91 Å². The number of amides is 1. The van der Waals surface area contributed by atoms with Crippen molar-refractivity contribution in [3.05, 3.63) is 54.0 Å². The van der Waals surface area contributed by atoms with Crippen molar-refractivity contribution in [2.24, 2.45) is 0 Å². The molecule has 0 radical (unpaired) electrons. The molecule has 1 amide bonds. The monoisotopic (exact) mass is 303 g/mol. The number of pyridine rings is 1. The van der Waals surface area contributed by atoms with E-state index in [1.807, 2.05) is 6.92 Å². The second-order valence-corrected chi connectivity index (χ2v) is 4.64. The van der Waals surface area contributed by atoms with Crippen LogP contribution in [0.1, 0.15) is 17.3 Å². The Hall–Kier alpha value is -2.47. The molecule has 0 unspecified atom stereocenters. The minimum absolute atomic E-state index is 0.105. The molecule has 5 nitrogen and oxygen atoms in total. The predicted molar refractivity (Wildman–Crippen MR) is 82.6 cm³/mol. The molecule has 0 aliphatic rings. The van der Waals surface area contributed by atoms with Crippen molar-refractivity contribution in [2.45, 2.75) is 6.92 Å². The van der Waals surface area contributed by atoms with Crippen molar-refractivity contribution in [3.63, 3.8) is 0 Å². The van der Waals surface area contributed by atoms with E-state index in [2.05, 4.69) is 10.3 Å². The number of aromatic nitrogens is 1. The molecule has 2 rings (SSSR count). The highest BCUT2D eigenvalue weighted by Gasteiger charge is 2.18. The molecule has 6 heteroatoms. The molecular formula is C16H18FN3O2. The number of nitrogens with zero attached hydrogens (tertiary/aromatic N) is 2. The Kier molecular flexibility index (Phi) is 5.43. The van der Waals surface area contributed by atoms with Crippen LogP contribution < -0.4 is 5.32 Å². The molecule has 1 aromatic heterocycles. The quantitative estimate of drug-likeness (QED) is 0.860. The van der Waals surface area contributed by atoms with Gasteiger partial charge in [0, 0.05) is 25.0 Å². The summed E-state index contributed by atoms with van der Waals surface area (Å²) in [5, 5.41) is 12.0. The van der Waals surface area contributed by atoms with Gasteiger partial charge in [-0.1, -0.05) is 6.07 Å². The SMILES string of the molecule is CCN(CCO)C(=O)c1cccnc1Nc1cccc(F)c1. The minimum Gasteiger partial charge on any atom is -0.395 e. The van der Waals surface area contributed by atoms with E-state index in [0.717, 1.165) is 0 Å². The lowest BCUT2D eigenvalue weighted by atomic mass is 10.2. The molecule has 0 saturated carbocycles. The molecule has 2 N–H and O–H groups in total. The first-order valence-electron chi connectivity index (χ1n) is 7.03. The van der Waals surface area contributed by atoms with Crippen molar-refractivity contribution in [2.75, 3.05) is 25.0 Å². The minimum atomic E-state index is -0.371. The molecule has 0 aliphatic heterocycles. The molecule has 116 valence electrons. The lowest BCUT2D eigenvalue weighted by Crippen LogP contribution is -2.33. The van der Waals surface area contributed by atoms with Crippen LogP contribution in [0.4, 0.5) is 15.9 Å². The van der Waals surface area contributed by atoms with Gasteiger partial charge < -0.3 is 15.3 Å². The smallest absolute Gasteiger partial charge is 0.257 e. The zero-order chi connectivity index (χ0) is 15.9. The maximum atomic E-state index is 13.2. The highest BCUT2D eigenvalue weighted by molar-refractivity contribution is 5.99. The number of aliphatic hydroxyl groups is 1. The third-order valence-corrected chi connectivity index (χ3v) is 3.16. The molecule has 2 aromatic rings. The molecule has 0 atom stereocenters. The fraction of sp³-hybridized carbons (Fsp3) is 0.250. The maximum Gasteiger partial charge on any atom is 0.257 e. The van der Waals surface area contributed by atoms with Crippen molar-refractivity contribution >= 4 is 17.4 Å². The van der Waals surface area contributed by atoms with Crippen LogP contribution in [0.3, 0.4) is 0 Å². The Morgan fingerprint density at radius 2 is 2.18 bits per heavy atom. The van der Waals surface area contributed by atoms with Crippen molar-refractivity contribution in [3.8, 4) is 0 Å². The van der Waals surface area contributed by atoms with Crippen LogP contribution in [0.2, 0.25) is 0 Å². The third kappa shape index (κ3) is 3.79. The lowest BCUT2D eigenvalue weighted by molar-refractivity contribution is 0.0732. The van der Waals surface area contributed by atoms with Crippen LogP contribution in [-0.2, 0) is 0 Å². The summed E-state index contributed by atoms with van der Waals surface area (Å²) in [4.78, 5) is 18.2.